The quantitative estimate of drug-likeness (QED) is 0.777. The third kappa shape index (κ3) is 2.71. The van der Waals surface area contributed by atoms with Crippen LogP contribution in [-0.2, 0) is 14.6 Å². The minimum Gasteiger partial charge on any atom is -0.290 e. The molecule has 0 saturated heterocycles. The van der Waals surface area contributed by atoms with E-state index >= 15 is 0 Å². The minimum absolute atomic E-state index is 0.192. The van der Waals surface area contributed by atoms with Gasteiger partial charge in [0.2, 0.25) is 10.1 Å². The zero-order chi connectivity index (χ0) is 16.8. The Morgan fingerprint density at radius 3 is 1.96 bits per heavy atom. The molecule has 118 valence electrons. The van der Waals surface area contributed by atoms with E-state index in [1.165, 1.54) is 12.1 Å². The highest BCUT2D eigenvalue weighted by atomic mass is 35.5. The van der Waals surface area contributed by atoms with Crippen LogP contribution in [0.5, 0.6) is 0 Å². The normalized spacial score (nSPS) is 17.1. The fraction of sp³-hybridized carbons (Fsp3) is 0.118. The molecule has 6 heteroatoms. The van der Waals surface area contributed by atoms with E-state index in [2.05, 4.69) is 0 Å². The van der Waals surface area contributed by atoms with E-state index in [9.17, 15) is 13.2 Å². The first-order chi connectivity index (χ1) is 10.7. The maximum absolute atomic E-state index is 12.3. The number of rotatable bonds is 3. The number of carbonyl (C=O) groups excluding carboxylic acids is 1. The number of allylic oxidation sites excluding steroid dienone is 2. The Labute approximate surface area is 144 Å². The summed E-state index contributed by atoms with van der Waals surface area (Å²) in [5, 5.41) is 0. The number of hydrogen-bond acceptors (Lipinski definition) is 3. The van der Waals surface area contributed by atoms with Crippen molar-refractivity contribution in [3.8, 4) is 0 Å². The largest absolute Gasteiger partial charge is 0.290 e. The third-order valence-corrected chi connectivity index (χ3v) is 5.56. The van der Waals surface area contributed by atoms with Crippen LogP contribution in [0.1, 0.15) is 11.1 Å². The van der Waals surface area contributed by atoms with E-state index in [1.807, 2.05) is 30.3 Å². The maximum atomic E-state index is 12.3. The molecule has 0 unspecified atom stereocenters. The van der Waals surface area contributed by atoms with Gasteiger partial charge < -0.3 is 0 Å². The van der Waals surface area contributed by atoms with Gasteiger partial charge in [0.25, 0.3) is 0 Å². The second-order valence-electron chi connectivity index (χ2n) is 5.32. The van der Waals surface area contributed by atoms with Gasteiger partial charge in [0.1, 0.15) is 0 Å². The van der Waals surface area contributed by atoms with Gasteiger partial charge in [-0.05, 0) is 23.3 Å². The Morgan fingerprint density at radius 2 is 1.43 bits per heavy atom. The van der Waals surface area contributed by atoms with E-state index < -0.39 is 14.2 Å². The number of ketones is 1. The molecule has 0 amide bonds. The zero-order valence-electron chi connectivity index (χ0n) is 12.1. The molecule has 0 aliphatic heterocycles. The van der Waals surface area contributed by atoms with Crippen LogP contribution in [-0.4, -0.2) is 24.8 Å². The highest BCUT2D eigenvalue weighted by molar-refractivity contribution is 7.90. The Hall–Kier alpha value is -1.62. The van der Waals surface area contributed by atoms with E-state index in [4.69, 9.17) is 23.2 Å². The predicted octanol–water partition coefficient (Wildman–Crippen LogP) is 3.76. The van der Waals surface area contributed by atoms with E-state index in [0.717, 1.165) is 11.8 Å². The average Bonchev–Trinajstić information content (AvgIpc) is 2.52. The summed E-state index contributed by atoms with van der Waals surface area (Å²) in [5.41, 5.74) is 2.32. The standard InChI is InChI=1S/C17H12Cl2O3S/c1-23(21,22)13-9-7-11(8-10-13)14-15(17(18,19)16(14)20)12-5-3-2-4-6-12/h2-10H,1H3. The SMILES string of the molecule is CS(=O)(=O)c1ccc(C2=C(c3ccccc3)C(Cl)(Cl)C2=O)cc1. The third-order valence-electron chi connectivity index (χ3n) is 3.71. The molecule has 2 aromatic rings. The molecular weight excluding hydrogens is 355 g/mol. The van der Waals surface area contributed by atoms with Crippen LogP contribution in [0.25, 0.3) is 11.1 Å². The van der Waals surface area contributed by atoms with Gasteiger partial charge in [-0.15, -0.1) is 0 Å². The molecule has 0 radical (unpaired) electrons. The summed E-state index contributed by atoms with van der Waals surface area (Å²) in [7, 11) is -3.29. The van der Waals surface area contributed by atoms with E-state index in [-0.39, 0.29) is 10.7 Å². The molecule has 2 aromatic carbocycles. The molecule has 3 nitrogen and oxygen atoms in total. The second-order valence-corrected chi connectivity index (χ2v) is 8.66. The first kappa shape index (κ1) is 16.2. The monoisotopic (exact) mass is 366 g/mol. The van der Waals surface area contributed by atoms with Crippen LogP contribution in [0, 0.1) is 0 Å². The number of carbonyl (C=O) groups is 1. The number of sulfone groups is 1. The first-order valence-corrected chi connectivity index (χ1v) is 9.41. The van der Waals surface area contributed by atoms with Crippen LogP contribution in [0.3, 0.4) is 0 Å². The smallest absolute Gasteiger partial charge is 0.206 e. The Kier molecular flexibility index (Phi) is 3.87. The molecule has 0 bridgehead atoms. The molecule has 1 aliphatic rings. The molecule has 0 aromatic heterocycles. The van der Waals surface area contributed by atoms with Crippen molar-refractivity contribution in [2.24, 2.45) is 0 Å². The highest BCUT2D eigenvalue weighted by Crippen LogP contribution is 2.53. The Bertz CT molecular complexity index is 912. The molecule has 0 fully saturated rings. The lowest BCUT2D eigenvalue weighted by atomic mass is 9.78. The molecule has 0 spiro atoms. The lowest BCUT2D eigenvalue weighted by molar-refractivity contribution is -0.114. The lowest BCUT2D eigenvalue weighted by Crippen LogP contribution is -2.39. The van der Waals surface area contributed by atoms with Crippen molar-refractivity contribution >= 4 is 50.0 Å². The van der Waals surface area contributed by atoms with Crippen LogP contribution >= 0.6 is 23.2 Å². The van der Waals surface area contributed by atoms with Crippen molar-refractivity contribution in [3.05, 3.63) is 65.7 Å². The maximum Gasteiger partial charge on any atom is 0.206 e. The van der Waals surface area contributed by atoms with Crippen LogP contribution in [0.15, 0.2) is 59.5 Å². The predicted molar refractivity (Wildman–Crippen MR) is 92.3 cm³/mol. The first-order valence-electron chi connectivity index (χ1n) is 6.76. The van der Waals surface area contributed by atoms with Crippen LogP contribution in [0.2, 0.25) is 0 Å². The summed E-state index contributed by atoms with van der Waals surface area (Å²) >= 11 is 12.3. The highest BCUT2D eigenvalue weighted by Gasteiger charge is 2.52. The van der Waals surface area contributed by atoms with E-state index in [0.29, 0.717) is 16.7 Å². The summed E-state index contributed by atoms with van der Waals surface area (Å²) < 4.78 is 21.5. The van der Waals surface area contributed by atoms with Crippen molar-refractivity contribution in [1.29, 1.82) is 0 Å². The summed E-state index contributed by atoms with van der Waals surface area (Å²) in [6, 6.07) is 15.3. The summed E-state index contributed by atoms with van der Waals surface area (Å²) in [4.78, 5) is 12.5. The van der Waals surface area contributed by atoms with Crippen molar-refractivity contribution in [1.82, 2.24) is 0 Å². The van der Waals surface area contributed by atoms with Gasteiger partial charge in [-0.25, -0.2) is 8.42 Å². The minimum atomic E-state index is -3.29. The van der Waals surface area contributed by atoms with Gasteiger partial charge in [-0.3, -0.25) is 4.79 Å². The summed E-state index contributed by atoms with van der Waals surface area (Å²) in [6.45, 7) is 0. The summed E-state index contributed by atoms with van der Waals surface area (Å²) in [6.07, 6.45) is 1.13. The van der Waals surface area contributed by atoms with Gasteiger partial charge in [-0.1, -0.05) is 65.7 Å². The topological polar surface area (TPSA) is 51.2 Å². The summed E-state index contributed by atoms with van der Waals surface area (Å²) in [5.74, 6) is -0.383. The second kappa shape index (κ2) is 5.48. The molecule has 23 heavy (non-hydrogen) atoms. The molecule has 0 saturated carbocycles. The van der Waals surface area contributed by atoms with Gasteiger partial charge >= 0.3 is 0 Å². The fourth-order valence-corrected chi connectivity index (χ4v) is 3.78. The van der Waals surface area contributed by atoms with Gasteiger partial charge in [-0.2, -0.15) is 0 Å². The molecule has 1 aliphatic carbocycles. The van der Waals surface area contributed by atoms with Gasteiger partial charge in [0, 0.05) is 17.4 Å². The molecule has 0 atom stereocenters. The number of alkyl halides is 2. The molecule has 0 heterocycles. The Balaban J connectivity index is 2.15. The average molecular weight is 367 g/mol. The van der Waals surface area contributed by atoms with Crippen molar-refractivity contribution in [2.45, 2.75) is 9.23 Å². The molecule has 0 N–H and O–H groups in total. The van der Waals surface area contributed by atoms with Crippen molar-refractivity contribution in [3.63, 3.8) is 0 Å². The van der Waals surface area contributed by atoms with Gasteiger partial charge in [0.05, 0.1) is 4.90 Å². The number of hydrogen-bond donors (Lipinski definition) is 0. The fourth-order valence-electron chi connectivity index (χ4n) is 2.55. The van der Waals surface area contributed by atoms with Crippen molar-refractivity contribution in [2.75, 3.05) is 6.26 Å². The zero-order valence-corrected chi connectivity index (χ0v) is 14.4. The number of halogens is 2. The number of Topliss-reactive ketones (excluding diaryl/α,β-unsaturated/α-hetero) is 1. The Morgan fingerprint density at radius 1 is 0.870 bits per heavy atom. The molecular formula is C17H12Cl2O3S. The van der Waals surface area contributed by atoms with Crippen LogP contribution < -0.4 is 0 Å². The number of benzene rings is 2. The lowest BCUT2D eigenvalue weighted by Gasteiger charge is -2.35. The van der Waals surface area contributed by atoms with Crippen molar-refractivity contribution < 1.29 is 13.2 Å². The molecule has 3 rings (SSSR count). The van der Waals surface area contributed by atoms with Gasteiger partial charge in [0.15, 0.2) is 9.84 Å². The van der Waals surface area contributed by atoms with E-state index in [1.54, 1.807) is 12.1 Å². The van der Waals surface area contributed by atoms with Crippen LogP contribution in [0.4, 0.5) is 0 Å².